The van der Waals surface area contributed by atoms with Crippen molar-refractivity contribution in [1.29, 1.82) is 0 Å². The van der Waals surface area contributed by atoms with Crippen molar-refractivity contribution in [3.63, 3.8) is 0 Å². The molecule has 1 aliphatic rings. The Kier molecular flexibility index (Phi) is 11.6. The number of benzene rings is 2. The molecule has 0 aliphatic heterocycles. The first-order valence-corrected chi connectivity index (χ1v) is 14.1. The van der Waals surface area contributed by atoms with Gasteiger partial charge in [0.15, 0.2) is 0 Å². The van der Waals surface area contributed by atoms with Crippen molar-refractivity contribution in [2.45, 2.75) is 83.5 Å². The van der Waals surface area contributed by atoms with Gasteiger partial charge in [0.2, 0.25) is 17.6 Å². The second-order valence-corrected chi connectivity index (χ2v) is 10.9. The minimum atomic E-state index is -1.08. The molecule has 2 aromatic rings. The van der Waals surface area contributed by atoms with E-state index in [-0.39, 0.29) is 18.4 Å². The van der Waals surface area contributed by atoms with E-state index in [1.165, 1.54) is 31.2 Å². The monoisotopic (exact) mass is 566 g/mol. The fraction of sp³-hybridized carbons (Fsp3) is 0.452. The molecular weight excluding hydrogens is 527 g/mol. The van der Waals surface area contributed by atoms with Crippen molar-refractivity contribution in [2.75, 3.05) is 0 Å². The van der Waals surface area contributed by atoms with E-state index < -0.39 is 53.4 Å². The highest BCUT2D eigenvalue weighted by atomic mass is 19.1. The summed E-state index contributed by atoms with van der Waals surface area (Å²) < 4.78 is 13.4. The number of nitrogens with one attached hydrogen (secondary N) is 4. The lowest BCUT2D eigenvalue weighted by molar-refractivity contribution is -0.141. The molecule has 0 spiro atoms. The van der Waals surface area contributed by atoms with Gasteiger partial charge in [-0.3, -0.25) is 24.0 Å². The molecule has 3 rings (SSSR count). The first-order chi connectivity index (χ1) is 19.5. The molecule has 0 aromatic heterocycles. The summed E-state index contributed by atoms with van der Waals surface area (Å²) in [7, 11) is 0. The maximum absolute atomic E-state index is 13.4. The SMILES string of the molecule is CC(C)[C@H](NC(=O)[C@H](C)NC(=O)C(Cc1ccc(F)cc1)NC(=O)c1ccccc1)C(=O)C(=O)NC1CCCCC1. The molecule has 3 atom stereocenters. The van der Waals surface area contributed by atoms with Gasteiger partial charge in [-0.2, -0.15) is 0 Å². The van der Waals surface area contributed by atoms with Gasteiger partial charge in [-0.15, -0.1) is 0 Å². The molecule has 1 fully saturated rings. The van der Waals surface area contributed by atoms with E-state index in [1.54, 1.807) is 44.2 Å². The molecule has 1 aliphatic carbocycles. The number of hydrogen-bond donors (Lipinski definition) is 4. The zero-order valence-electron chi connectivity index (χ0n) is 23.7. The van der Waals surface area contributed by atoms with Gasteiger partial charge < -0.3 is 21.3 Å². The van der Waals surface area contributed by atoms with E-state index in [4.69, 9.17) is 0 Å². The lowest BCUT2D eigenvalue weighted by Gasteiger charge is -2.26. The topological polar surface area (TPSA) is 133 Å². The van der Waals surface area contributed by atoms with E-state index in [9.17, 15) is 28.4 Å². The summed E-state index contributed by atoms with van der Waals surface area (Å²) in [5.41, 5.74) is 0.950. The third-order valence-corrected chi connectivity index (χ3v) is 7.17. The van der Waals surface area contributed by atoms with Crippen LogP contribution >= 0.6 is 0 Å². The second kappa shape index (κ2) is 15.1. The average molecular weight is 567 g/mol. The van der Waals surface area contributed by atoms with E-state index in [0.717, 1.165) is 32.1 Å². The Balaban J connectivity index is 1.66. The van der Waals surface area contributed by atoms with Crippen LogP contribution in [0.3, 0.4) is 0 Å². The van der Waals surface area contributed by atoms with Crippen LogP contribution in [0, 0.1) is 11.7 Å². The normalized spacial score (nSPS) is 15.7. The van der Waals surface area contributed by atoms with Crippen molar-refractivity contribution in [3.8, 4) is 0 Å². The van der Waals surface area contributed by atoms with Crippen LogP contribution in [0.25, 0.3) is 0 Å². The molecule has 1 unspecified atom stereocenters. The molecule has 0 saturated heterocycles. The van der Waals surface area contributed by atoms with Crippen molar-refractivity contribution in [1.82, 2.24) is 21.3 Å². The molecular formula is C31H39FN4O5. The quantitative estimate of drug-likeness (QED) is 0.293. The Morgan fingerprint density at radius 2 is 1.44 bits per heavy atom. The van der Waals surface area contributed by atoms with Crippen molar-refractivity contribution in [3.05, 3.63) is 71.5 Å². The van der Waals surface area contributed by atoms with Crippen LogP contribution in [0.15, 0.2) is 54.6 Å². The van der Waals surface area contributed by atoms with Gasteiger partial charge >= 0.3 is 0 Å². The van der Waals surface area contributed by atoms with E-state index in [0.29, 0.717) is 11.1 Å². The summed E-state index contributed by atoms with van der Waals surface area (Å²) in [6.45, 7) is 4.89. The number of amides is 4. The van der Waals surface area contributed by atoms with Crippen LogP contribution in [0.1, 0.15) is 68.8 Å². The lowest BCUT2D eigenvalue weighted by atomic mass is 9.94. The number of rotatable bonds is 12. The smallest absolute Gasteiger partial charge is 0.289 e. The minimum absolute atomic E-state index is 0.0491. The van der Waals surface area contributed by atoms with Crippen molar-refractivity contribution < 1.29 is 28.4 Å². The first-order valence-electron chi connectivity index (χ1n) is 14.1. The average Bonchev–Trinajstić information content (AvgIpc) is 2.96. The van der Waals surface area contributed by atoms with Crippen molar-refractivity contribution in [2.24, 2.45) is 5.92 Å². The molecule has 0 radical (unpaired) electrons. The van der Waals surface area contributed by atoms with E-state index in [1.807, 2.05) is 0 Å². The van der Waals surface area contributed by atoms with Gasteiger partial charge in [-0.1, -0.05) is 63.4 Å². The molecule has 0 heterocycles. The molecule has 0 bridgehead atoms. The molecule has 1 saturated carbocycles. The highest BCUT2D eigenvalue weighted by Gasteiger charge is 2.33. The molecule has 9 nitrogen and oxygen atoms in total. The third kappa shape index (κ3) is 9.51. The Morgan fingerprint density at radius 3 is 2.05 bits per heavy atom. The highest BCUT2D eigenvalue weighted by Crippen LogP contribution is 2.17. The second-order valence-electron chi connectivity index (χ2n) is 10.9. The Hall–Kier alpha value is -4.08. The summed E-state index contributed by atoms with van der Waals surface area (Å²) in [5, 5.41) is 10.7. The van der Waals surface area contributed by atoms with Gasteiger partial charge in [0, 0.05) is 18.0 Å². The van der Waals surface area contributed by atoms with Crippen LogP contribution in [0.2, 0.25) is 0 Å². The number of Topliss-reactive ketones (excluding diaryl/α,β-unsaturated/α-hetero) is 1. The van der Waals surface area contributed by atoms with Gasteiger partial charge in [0.25, 0.3) is 11.8 Å². The summed E-state index contributed by atoms with van der Waals surface area (Å²) in [6.07, 6.45) is 4.79. The fourth-order valence-electron chi connectivity index (χ4n) is 4.73. The van der Waals surface area contributed by atoms with Crippen LogP contribution in [0.5, 0.6) is 0 Å². The number of hydrogen-bond acceptors (Lipinski definition) is 5. The largest absolute Gasteiger partial charge is 0.347 e. The third-order valence-electron chi connectivity index (χ3n) is 7.17. The Bertz CT molecular complexity index is 1210. The molecule has 2 aromatic carbocycles. The zero-order chi connectivity index (χ0) is 29.9. The summed E-state index contributed by atoms with van der Waals surface area (Å²) >= 11 is 0. The minimum Gasteiger partial charge on any atom is -0.347 e. The fourth-order valence-corrected chi connectivity index (χ4v) is 4.73. The van der Waals surface area contributed by atoms with Crippen LogP contribution in [0.4, 0.5) is 4.39 Å². The molecule has 4 amide bonds. The van der Waals surface area contributed by atoms with Crippen LogP contribution < -0.4 is 21.3 Å². The van der Waals surface area contributed by atoms with Gasteiger partial charge in [-0.05, 0) is 55.5 Å². The molecule has 220 valence electrons. The predicted molar refractivity (Wildman–Crippen MR) is 152 cm³/mol. The highest BCUT2D eigenvalue weighted by molar-refractivity contribution is 6.38. The Morgan fingerprint density at radius 1 is 0.805 bits per heavy atom. The molecule has 41 heavy (non-hydrogen) atoms. The molecule has 4 N–H and O–H groups in total. The summed E-state index contributed by atoms with van der Waals surface area (Å²) in [5.74, 6) is -4.04. The number of carbonyl (C=O) groups is 5. The number of ketones is 1. The summed E-state index contributed by atoms with van der Waals surface area (Å²) in [6, 6.07) is 10.6. The predicted octanol–water partition coefficient (Wildman–Crippen LogP) is 2.83. The maximum atomic E-state index is 13.4. The summed E-state index contributed by atoms with van der Waals surface area (Å²) in [4.78, 5) is 64.7. The first kappa shape index (κ1) is 31.4. The number of halogens is 1. The van der Waals surface area contributed by atoms with Crippen molar-refractivity contribution >= 4 is 29.4 Å². The zero-order valence-corrected chi connectivity index (χ0v) is 23.7. The van der Waals surface area contributed by atoms with E-state index >= 15 is 0 Å². The van der Waals surface area contributed by atoms with Gasteiger partial charge in [0.1, 0.15) is 17.9 Å². The van der Waals surface area contributed by atoms with Crippen LogP contribution in [-0.4, -0.2) is 53.6 Å². The van der Waals surface area contributed by atoms with Gasteiger partial charge in [0.05, 0.1) is 6.04 Å². The maximum Gasteiger partial charge on any atom is 0.289 e. The van der Waals surface area contributed by atoms with Crippen LogP contribution in [-0.2, 0) is 25.6 Å². The number of carbonyl (C=O) groups excluding carboxylic acids is 5. The Labute approximate surface area is 240 Å². The van der Waals surface area contributed by atoms with Gasteiger partial charge in [-0.25, -0.2) is 4.39 Å². The lowest BCUT2D eigenvalue weighted by Crippen LogP contribution is -2.57. The molecule has 10 heteroatoms. The van der Waals surface area contributed by atoms with E-state index in [2.05, 4.69) is 21.3 Å². The standard InChI is InChI=1S/C31H39FN4O5/c1-19(2)26(27(37)31(41)34-24-12-8-5-9-13-24)36-28(38)20(3)33-30(40)25(18-21-14-16-23(32)17-15-21)35-29(39)22-10-6-4-7-11-22/h4,6-7,10-11,14-17,19-20,24-26H,5,8-9,12-13,18H2,1-3H3,(H,33,40)(H,34,41)(H,35,39)(H,36,38)/t20-,25?,26-/m0/s1.